The Morgan fingerprint density at radius 2 is 2.21 bits per heavy atom. The second-order valence-electron chi connectivity index (χ2n) is 5.79. The molecule has 3 heteroatoms. The predicted octanol–water partition coefficient (Wildman–Crippen LogP) is 3.79. The quantitative estimate of drug-likeness (QED) is 0.838. The van der Waals surface area contributed by atoms with E-state index in [1.54, 1.807) is 7.11 Å². The first-order valence-electron chi connectivity index (χ1n) is 7.16. The number of piperidine rings is 1. The molecule has 1 aromatic rings. The van der Waals surface area contributed by atoms with Gasteiger partial charge in [-0.3, -0.25) is 0 Å². The Morgan fingerprint density at radius 3 is 2.95 bits per heavy atom. The number of rotatable bonds is 3. The van der Waals surface area contributed by atoms with Crippen molar-refractivity contribution in [1.29, 1.82) is 0 Å². The number of hydrogen-bond donors (Lipinski definition) is 0. The molecule has 2 fully saturated rings. The zero-order valence-corrected chi connectivity index (χ0v) is 13.6. The molecule has 0 radical (unpaired) electrons. The molecule has 1 saturated heterocycles. The van der Waals surface area contributed by atoms with Crippen LogP contribution in [0.25, 0.3) is 0 Å². The molecule has 2 nitrogen and oxygen atoms in total. The molecule has 1 aliphatic carbocycles. The topological polar surface area (TPSA) is 12.5 Å². The van der Waals surface area contributed by atoms with Crippen LogP contribution in [-0.4, -0.2) is 31.1 Å². The summed E-state index contributed by atoms with van der Waals surface area (Å²) in [5.41, 5.74) is 1.94. The molecule has 2 bridgehead atoms. The largest absolute Gasteiger partial charge is 0.497 e. The lowest BCUT2D eigenvalue weighted by molar-refractivity contribution is 0.148. The van der Waals surface area contributed by atoms with Gasteiger partial charge in [-0.05, 0) is 61.9 Å². The van der Waals surface area contributed by atoms with Crippen molar-refractivity contribution in [3.63, 3.8) is 0 Å². The summed E-state index contributed by atoms with van der Waals surface area (Å²) in [5, 5.41) is 0. The number of fused-ring (bicyclic) bond motifs is 2. The zero-order valence-electron chi connectivity index (χ0n) is 11.9. The minimum Gasteiger partial charge on any atom is -0.497 e. The van der Waals surface area contributed by atoms with E-state index in [0.29, 0.717) is 5.41 Å². The smallest absolute Gasteiger partial charge is 0.119 e. The van der Waals surface area contributed by atoms with Gasteiger partial charge < -0.3 is 9.64 Å². The second-order valence-corrected chi connectivity index (χ2v) is 5.79. The maximum Gasteiger partial charge on any atom is 0.119 e. The normalized spacial score (nSPS) is 29.9. The summed E-state index contributed by atoms with van der Waals surface area (Å²) < 4.78 is 5.38. The van der Waals surface area contributed by atoms with Crippen LogP contribution in [0.1, 0.15) is 38.2 Å². The first kappa shape index (κ1) is 14.9. The number of hydrogen-bond acceptors (Lipinski definition) is 2. The van der Waals surface area contributed by atoms with Gasteiger partial charge in [0.1, 0.15) is 5.75 Å². The van der Waals surface area contributed by atoms with Gasteiger partial charge in [-0.25, -0.2) is 0 Å². The first-order valence-corrected chi connectivity index (χ1v) is 7.16. The van der Waals surface area contributed by atoms with E-state index in [2.05, 4.69) is 30.0 Å². The third kappa shape index (κ3) is 2.55. The van der Waals surface area contributed by atoms with Crippen molar-refractivity contribution in [3.8, 4) is 5.75 Å². The Bertz CT molecular complexity index is 437. The summed E-state index contributed by atoms with van der Waals surface area (Å²) in [6, 6.07) is 9.56. The van der Waals surface area contributed by atoms with Crippen molar-refractivity contribution in [3.05, 3.63) is 29.8 Å². The van der Waals surface area contributed by atoms with Crippen molar-refractivity contribution in [2.45, 2.75) is 44.1 Å². The van der Waals surface area contributed by atoms with E-state index in [9.17, 15) is 0 Å². The molecule has 2 unspecified atom stereocenters. The SMILES string of the molecule is Br.CCN1CCC2(c3cccc(OC)c3)CCC1C2. The van der Waals surface area contributed by atoms with Gasteiger partial charge in [0, 0.05) is 6.04 Å². The molecule has 1 aromatic carbocycles. The first-order chi connectivity index (χ1) is 8.77. The molecular formula is C16H24BrNO. The van der Waals surface area contributed by atoms with E-state index < -0.39 is 0 Å². The summed E-state index contributed by atoms with van der Waals surface area (Å²) in [6.07, 6.45) is 5.37. The van der Waals surface area contributed by atoms with Crippen LogP contribution < -0.4 is 4.74 Å². The fourth-order valence-corrected chi connectivity index (χ4v) is 3.95. The highest BCUT2D eigenvalue weighted by Gasteiger charge is 2.45. The van der Waals surface area contributed by atoms with Crippen molar-refractivity contribution in [1.82, 2.24) is 4.90 Å². The van der Waals surface area contributed by atoms with E-state index in [1.807, 2.05) is 6.07 Å². The third-order valence-corrected chi connectivity index (χ3v) is 5.06. The van der Waals surface area contributed by atoms with E-state index in [-0.39, 0.29) is 17.0 Å². The van der Waals surface area contributed by atoms with Gasteiger partial charge in [0.15, 0.2) is 0 Å². The van der Waals surface area contributed by atoms with Gasteiger partial charge in [0.25, 0.3) is 0 Å². The van der Waals surface area contributed by atoms with Gasteiger partial charge in [0.05, 0.1) is 7.11 Å². The van der Waals surface area contributed by atoms with Crippen LogP contribution in [-0.2, 0) is 5.41 Å². The highest BCUT2D eigenvalue weighted by Crippen LogP contribution is 2.49. The molecule has 1 aliphatic heterocycles. The van der Waals surface area contributed by atoms with Crippen molar-refractivity contribution < 1.29 is 4.74 Å². The predicted molar refractivity (Wildman–Crippen MR) is 84.5 cm³/mol. The maximum absolute atomic E-state index is 5.38. The molecule has 2 atom stereocenters. The monoisotopic (exact) mass is 325 g/mol. The van der Waals surface area contributed by atoms with Crippen molar-refractivity contribution in [2.24, 2.45) is 0 Å². The number of benzene rings is 1. The lowest BCUT2D eigenvalue weighted by Gasteiger charge is -2.39. The fraction of sp³-hybridized carbons (Fsp3) is 0.625. The molecule has 3 rings (SSSR count). The third-order valence-electron chi connectivity index (χ3n) is 5.06. The number of halogens is 1. The fourth-order valence-electron chi connectivity index (χ4n) is 3.95. The number of nitrogens with zero attached hydrogens (tertiary/aromatic N) is 1. The highest BCUT2D eigenvalue weighted by molar-refractivity contribution is 8.93. The Hall–Kier alpha value is -0.540. The Labute approximate surface area is 126 Å². The maximum atomic E-state index is 5.38. The average Bonchev–Trinajstić information content (AvgIpc) is 2.79. The second kappa shape index (κ2) is 5.84. The van der Waals surface area contributed by atoms with Crippen LogP contribution >= 0.6 is 17.0 Å². The summed E-state index contributed by atoms with van der Waals surface area (Å²) in [6.45, 7) is 4.76. The molecule has 1 heterocycles. The molecule has 0 N–H and O–H groups in total. The van der Waals surface area contributed by atoms with Crippen LogP contribution in [0.5, 0.6) is 5.75 Å². The van der Waals surface area contributed by atoms with Crippen molar-refractivity contribution in [2.75, 3.05) is 20.2 Å². The van der Waals surface area contributed by atoms with E-state index >= 15 is 0 Å². The van der Waals surface area contributed by atoms with Crippen LogP contribution in [0, 0.1) is 0 Å². The lowest BCUT2D eigenvalue weighted by atomic mass is 9.74. The molecule has 1 saturated carbocycles. The van der Waals surface area contributed by atoms with Gasteiger partial charge >= 0.3 is 0 Å². The Morgan fingerprint density at radius 1 is 1.37 bits per heavy atom. The van der Waals surface area contributed by atoms with Crippen LogP contribution in [0.2, 0.25) is 0 Å². The van der Waals surface area contributed by atoms with Crippen LogP contribution in [0.15, 0.2) is 24.3 Å². The van der Waals surface area contributed by atoms with Crippen LogP contribution in [0.3, 0.4) is 0 Å². The Balaban J connectivity index is 0.00000133. The molecule has 19 heavy (non-hydrogen) atoms. The summed E-state index contributed by atoms with van der Waals surface area (Å²) >= 11 is 0. The van der Waals surface area contributed by atoms with E-state index in [4.69, 9.17) is 4.74 Å². The standard InChI is InChI=1S/C16H23NO.BrH/c1-3-17-10-9-16(8-7-14(17)12-16)13-5-4-6-15(11-13)18-2;/h4-6,11,14H,3,7-10,12H2,1-2H3;1H. The molecule has 2 aliphatic rings. The minimum absolute atomic E-state index is 0. The molecule has 106 valence electrons. The van der Waals surface area contributed by atoms with Crippen molar-refractivity contribution >= 4 is 17.0 Å². The highest BCUT2D eigenvalue weighted by atomic mass is 79.9. The lowest BCUT2D eigenvalue weighted by Crippen LogP contribution is -2.42. The van der Waals surface area contributed by atoms with Gasteiger partial charge in [-0.1, -0.05) is 19.1 Å². The van der Waals surface area contributed by atoms with E-state index in [1.165, 1.54) is 44.3 Å². The Kier molecular flexibility index (Phi) is 4.57. The summed E-state index contributed by atoms with van der Waals surface area (Å²) in [5.74, 6) is 1.00. The van der Waals surface area contributed by atoms with Gasteiger partial charge in [0.2, 0.25) is 0 Å². The van der Waals surface area contributed by atoms with Crippen LogP contribution in [0.4, 0.5) is 0 Å². The molecule has 0 amide bonds. The number of likely N-dealkylation sites (tertiary alicyclic amines) is 1. The number of methoxy groups -OCH3 is 1. The minimum atomic E-state index is 0. The van der Waals surface area contributed by atoms with E-state index in [0.717, 1.165) is 11.8 Å². The van der Waals surface area contributed by atoms with Gasteiger partial charge in [-0.2, -0.15) is 0 Å². The zero-order chi connectivity index (χ0) is 12.6. The average molecular weight is 326 g/mol. The van der Waals surface area contributed by atoms with Gasteiger partial charge in [-0.15, -0.1) is 17.0 Å². The molecule has 0 spiro atoms. The summed E-state index contributed by atoms with van der Waals surface area (Å²) in [7, 11) is 1.76. The molecule has 0 aromatic heterocycles. The number of ether oxygens (including phenoxy) is 1. The summed E-state index contributed by atoms with van der Waals surface area (Å²) in [4.78, 5) is 2.66. The molecular weight excluding hydrogens is 302 g/mol.